The van der Waals surface area contributed by atoms with Gasteiger partial charge in [-0.1, -0.05) is 0 Å². The summed E-state index contributed by atoms with van der Waals surface area (Å²) in [7, 11) is 0. The Labute approximate surface area is 99.3 Å². The smallest absolute Gasteiger partial charge is 0.328 e. The number of anilines is 1. The van der Waals surface area contributed by atoms with Crippen molar-refractivity contribution >= 4 is 5.82 Å². The lowest BCUT2D eigenvalue weighted by atomic mass is 10.4. The van der Waals surface area contributed by atoms with E-state index in [0.717, 1.165) is 13.0 Å². The van der Waals surface area contributed by atoms with E-state index in [-0.39, 0.29) is 5.69 Å². The first kappa shape index (κ1) is 11.5. The minimum atomic E-state index is 0.0486. The van der Waals surface area contributed by atoms with Crippen molar-refractivity contribution in [2.45, 2.75) is 33.0 Å². The van der Waals surface area contributed by atoms with E-state index >= 15 is 0 Å². The predicted molar refractivity (Wildman–Crippen MR) is 65.6 cm³/mol. The molecule has 0 saturated heterocycles. The van der Waals surface area contributed by atoms with Crippen LogP contribution in [0.3, 0.4) is 0 Å². The maximum absolute atomic E-state index is 11.7. The van der Waals surface area contributed by atoms with Crippen LogP contribution in [-0.4, -0.2) is 18.9 Å². The largest absolute Gasteiger partial charge is 0.382 e. The summed E-state index contributed by atoms with van der Waals surface area (Å²) >= 11 is 0. The van der Waals surface area contributed by atoms with Crippen molar-refractivity contribution in [2.24, 2.45) is 0 Å². The van der Waals surface area contributed by atoms with Gasteiger partial charge in [-0.3, -0.25) is 13.8 Å². The Morgan fingerprint density at radius 3 is 2.59 bits per heavy atom. The van der Waals surface area contributed by atoms with Gasteiger partial charge in [0, 0.05) is 38.2 Å². The normalized spacial score (nSPS) is 10.9. The van der Waals surface area contributed by atoms with Gasteiger partial charge in [0.25, 0.3) is 0 Å². The van der Waals surface area contributed by atoms with E-state index in [2.05, 4.69) is 5.10 Å². The molecule has 0 radical (unpaired) electrons. The zero-order valence-corrected chi connectivity index (χ0v) is 9.91. The zero-order valence-electron chi connectivity index (χ0n) is 9.91. The van der Waals surface area contributed by atoms with Crippen molar-refractivity contribution in [3.05, 3.63) is 35.1 Å². The maximum atomic E-state index is 11.7. The van der Waals surface area contributed by atoms with Crippen LogP contribution >= 0.6 is 0 Å². The molecule has 92 valence electrons. The lowest BCUT2D eigenvalue weighted by Crippen LogP contribution is -2.23. The van der Waals surface area contributed by atoms with Crippen LogP contribution < -0.4 is 11.4 Å². The first-order chi connectivity index (χ1) is 8.20. The van der Waals surface area contributed by atoms with E-state index in [1.807, 2.05) is 25.5 Å². The fourth-order valence-corrected chi connectivity index (χ4v) is 1.77. The molecule has 17 heavy (non-hydrogen) atoms. The molecule has 2 rings (SSSR count). The standard InChI is InChI=1S/C11H17N5O/c1-2-14-8-9-15(11(14)17)5-3-6-16-7-4-10(12)13-16/h4,7-9H,2-3,5-6H2,1H3,(H2,12,13). The van der Waals surface area contributed by atoms with Crippen LogP contribution in [0.2, 0.25) is 0 Å². The number of nitrogens with zero attached hydrogens (tertiary/aromatic N) is 4. The van der Waals surface area contributed by atoms with Crippen molar-refractivity contribution in [2.75, 3.05) is 5.73 Å². The van der Waals surface area contributed by atoms with E-state index < -0.39 is 0 Å². The average molecular weight is 235 g/mol. The van der Waals surface area contributed by atoms with E-state index in [1.165, 1.54) is 0 Å². The Morgan fingerprint density at radius 2 is 2.00 bits per heavy atom. The van der Waals surface area contributed by atoms with E-state index in [1.54, 1.807) is 19.9 Å². The number of nitrogen functional groups attached to an aromatic ring is 1. The molecule has 0 fully saturated rings. The van der Waals surface area contributed by atoms with E-state index in [4.69, 9.17) is 5.73 Å². The SMILES string of the molecule is CCn1ccn(CCCn2ccc(N)n2)c1=O. The highest BCUT2D eigenvalue weighted by molar-refractivity contribution is 5.23. The fourth-order valence-electron chi connectivity index (χ4n) is 1.77. The molecular weight excluding hydrogens is 218 g/mol. The highest BCUT2D eigenvalue weighted by atomic mass is 16.1. The fraction of sp³-hybridized carbons (Fsp3) is 0.455. The number of aryl methyl sites for hydroxylation is 3. The molecule has 2 aromatic rings. The summed E-state index contributed by atoms with van der Waals surface area (Å²) in [5.74, 6) is 0.527. The molecule has 2 aromatic heterocycles. The van der Waals surface area contributed by atoms with Crippen LogP contribution in [-0.2, 0) is 19.6 Å². The molecule has 0 aliphatic heterocycles. The van der Waals surface area contributed by atoms with Gasteiger partial charge in [-0.05, 0) is 19.4 Å². The molecule has 0 amide bonds. The molecule has 0 aromatic carbocycles. The number of hydrogen-bond acceptors (Lipinski definition) is 3. The van der Waals surface area contributed by atoms with Crippen molar-refractivity contribution < 1.29 is 0 Å². The van der Waals surface area contributed by atoms with Crippen LogP contribution in [0.5, 0.6) is 0 Å². The molecule has 0 unspecified atom stereocenters. The van der Waals surface area contributed by atoms with Gasteiger partial charge in [-0.2, -0.15) is 5.10 Å². The third kappa shape index (κ3) is 2.58. The third-order valence-electron chi connectivity index (χ3n) is 2.71. The van der Waals surface area contributed by atoms with Gasteiger partial charge in [-0.15, -0.1) is 0 Å². The molecule has 0 aliphatic rings. The molecule has 0 aliphatic carbocycles. The highest BCUT2D eigenvalue weighted by Gasteiger charge is 2.01. The van der Waals surface area contributed by atoms with Crippen LogP contribution in [0.1, 0.15) is 13.3 Å². The molecule has 0 saturated carbocycles. The molecule has 2 heterocycles. The minimum Gasteiger partial charge on any atom is -0.382 e. The summed E-state index contributed by atoms with van der Waals surface area (Å²) in [4.78, 5) is 11.7. The summed E-state index contributed by atoms with van der Waals surface area (Å²) < 4.78 is 5.19. The quantitative estimate of drug-likeness (QED) is 0.822. The summed E-state index contributed by atoms with van der Waals surface area (Å²) in [6.45, 7) is 4.13. The second-order valence-electron chi connectivity index (χ2n) is 3.92. The maximum Gasteiger partial charge on any atom is 0.328 e. The van der Waals surface area contributed by atoms with Gasteiger partial charge < -0.3 is 5.73 Å². The zero-order chi connectivity index (χ0) is 12.3. The molecule has 6 heteroatoms. The van der Waals surface area contributed by atoms with Crippen molar-refractivity contribution in [1.29, 1.82) is 0 Å². The Bertz CT molecular complexity index is 536. The topological polar surface area (TPSA) is 70.8 Å². The van der Waals surface area contributed by atoms with Gasteiger partial charge in [0.05, 0.1) is 0 Å². The minimum absolute atomic E-state index is 0.0486. The molecular formula is C11H17N5O. The number of hydrogen-bond donors (Lipinski definition) is 1. The monoisotopic (exact) mass is 235 g/mol. The highest BCUT2D eigenvalue weighted by Crippen LogP contribution is 1.98. The first-order valence-electron chi connectivity index (χ1n) is 5.75. The summed E-state index contributed by atoms with van der Waals surface area (Å²) in [6, 6.07) is 1.76. The van der Waals surface area contributed by atoms with Crippen LogP contribution in [0.15, 0.2) is 29.5 Å². The molecule has 0 atom stereocenters. The van der Waals surface area contributed by atoms with E-state index in [9.17, 15) is 4.79 Å². The Balaban J connectivity index is 1.90. The van der Waals surface area contributed by atoms with Crippen molar-refractivity contribution in [1.82, 2.24) is 18.9 Å². The molecule has 2 N–H and O–H groups in total. The lowest BCUT2D eigenvalue weighted by molar-refractivity contribution is 0.515. The van der Waals surface area contributed by atoms with E-state index in [0.29, 0.717) is 18.9 Å². The third-order valence-corrected chi connectivity index (χ3v) is 2.71. The second-order valence-corrected chi connectivity index (χ2v) is 3.92. The van der Waals surface area contributed by atoms with Crippen molar-refractivity contribution in [3.8, 4) is 0 Å². The Hall–Kier alpha value is -1.98. The van der Waals surface area contributed by atoms with Gasteiger partial charge in [0.1, 0.15) is 5.82 Å². The number of rotatable bonds is 5. The average Bonchev–Trinajstić information content (AvgIpc) is 2.87. The number of imidazole rings is 1. The van der Waals surface area contributed by atoms with Gasteiger partial charge in [0.2, 0.25) is 0 Å². The second kappa shape index (κ2) is 4.90. The van der Waals surface area contributed by atoms with Gasteiger partial charge in [0.15, 0.2) is 0 Å². The molecule has 6 nitrogen and oxygen atoms in total. The Kier molecular flexibility index (Phi) is 3.32. The molecule has 0 spiro atoms. The van der Waals surface area contributed by atoms with Crippen LogP contribution in [0.4, 0.5) is 5.82 Å². The Morgan fingerprint density at radius 1 is 1.24 bits per heavy atom. The lowest BCUT2D eigenvalue weighted by Gasteiger charge is -2.02. The van der Waals surface area contributed by atoms with Crippen LogP contribution in [0, 0.1) is 0 Å². The molecule has 0 bridgehead atoms. The van der Waals surface area contributed by atoms with Gasteiger partial charge >= 0.3 is 5.69 Å². The summed E-state index contributed by atoms with van der Waals surface area (Å²) in [6.07, 6.45) is 6.33. The van der Waals surface area contributed by atoms with Crippen molar-refractivity contribution in [3.63, 3.8) is 0 Å². The number of nitrogens with two attached hydrogens (primary N) is 1. The summed E-state index contributed by atoms with van der Waals surface area (Å²) in [5, 5.41) is 4.09. The summed E-state index contributed by atoms with van der Waals surface area (Å²) in [5.41, 5.74) is 5.57. The van der Waals surface area contributed by atoms with Crippen LogP contribution in [0.25, 0.3) is 0 Å². The first-order valence-corrected chi connectivity index (χ1v) is 5.75. The number of aromatic nitrogens is 4. The van der Waals surface area contributed by atoms with Gasteiger partial charge in [-0.25, -0.2) is 4.79 Å². The predicted octanol–water partition coefficient (Wildman–Crippen LogP) is 0.539.